The normalized spacial score (nSPS) is 13.4. The minimum absolute atomic E-state index is 0.0858. The summed E-state index contributed by atoms with van der Waals surface area (Å²) in [5, 5.41) is 8.56. The summed E-state index contributed by atoms with van der Waals surface area (Å²) in [6.07, 6.45) is 7.60. The van der Waals surface area contributed by atoms with Crippen LogP contribution < -0.4 is 11.1 Å². The fourth-order valence-corrected chi connectivity index (χ4v) is 1.87. The van der Waals surface area contributed by atoms with E-state index in [0.717, 1.165) is 24.7 Å². The van der Waals surface area contributed by atoms with Gasteiger partial charge in [0.25, 0.3) is 0 Å². The summed E-state index contributed by atoms with van der Waals surface area (Å²) in [6, 6.07) is 3.70. The summed E-state index contributed by atoms with van der Waals surface area (Å²) < 4.78 is 26.0. The van der Waals surface area contributed by atoms with Gasteiger partial charge in [0.15, 0.2) is 0 Å². The molecule has 1 fully saturated rings. The van der Waals surface area contributed by atoms with Gasteiger partial charge in [-0.3, -0.25) is 5.41 Å². The third-order valence-electron chi connectivity index (χ3n) is 3.09. The summed E-state index contributed by atoms with van der Waals surface area (Å²) >= 11 is 0. The fraction of sp³-hybridized carbons (Fsp3) is 0.353. The van der Waals surface area contributed by atoms with Crippen molar-refractivity contribution in [2.24, 2.45) is 11.7 Å². The van der Waals surface area contributed by atoms with E-state index in [9.17, 15) is 8.78 Å². The number of rotatable bonds is 5. The Morgan fingerprint density at radius 1 is 1.32 bits per heavy atom. The van der Waals surface area contributed by atoms with E-state index in [0.29, 0.717) is 5.56 Å². The van der Waals surface area contributed by atoms with Gasteiger partial charge in [0.05, 0.1) is 6.34 Å². The van der Waals surface area contributed by atoms with Crippen molar-refractivity contribution in [2.45, 2.75) is 25.2 Å². The molecule has 1 aliphatic rings. The van der Waals surface area contributed by atoms with Crippen molar-refractivity contribution in [1.29, 1.82) is 5.41 Å². The highest BCUT2D eigenvalue weighted by Crippen LogP contribution is 2.39. The minimum atomic E-state index is -0.507. The summed E-state index contributed by atoms with van der Waals surface area (Å²) in [5.41, 5.74) is 5.09. The molecule has 0 aliphatic heterocycles. The lowest BCUT2D eigenvalue weighted by Crippen LogP contribution is -1.98. The Balaban J connectivity index is 0.000000537. The molecule has 3 nitrogen and oxygen atoms in total. The van der Waals surface area contributed by atoms with Gasteiger partial charge in [0.1, 0.15) is 11.6 Å². The summed E-state index contributed by atoms with van der Waals surface area (Å²) in [4.78, 5) is 0. The van der Waals surface area contributed by atoms with Gasteiger partial charge in [-0.1, -0.05) is 25.5 Å². The highest BCUT2D eigenvalue weighted by Gasteiger charge is 2.25. The highest BCUT2D eigenvalue weighted by molar-refractivity contribution is 5.46. The zero-order valence-electron chi connectivity index (χ0n) is 13.0. The Bertz CT molecular complexity index is 451. The molecule has 1 atom stereocenters. The summed E-state index contributed by atoms with van der Waals surface area (Å²) in [7, 11) is 1.81. The molecule has 1 aliphatic carbocycles. The molecule has 0 aromatic heterocycles. The van der Waals surface area contributed by atoms with Crippen LogP contribution in [-0.4, -0.2) is 13.4 Å². The second-order valence-corrected chi connectivity index (χ2v) is 4.88. The van der Waals surface area contributed by atoms with E-state index in [1.165, 1.54) is 25.0 Å². The van der Waals surface area contributed by atoms with Crippen LogP contribution in [0.4, 0.5) is 8.78 Å². The Morgan fingerprint density at radius 2 is 1.77 bits per heavy atom. The average molecular weight is 309 g/mol. The van der Waals surface area contributed by atoms with Crippen molar-refractivity contribution < 1.29 is 8.78 Å². The first-order valence-electron chi connectivity index (χ1n) is 7.09. The Morgan fingerprint density at radius 3 is 2.09 bits per heavy atom. The van der Waals surface area contributed by atoms with E-state index in [2.05, 4.69) is 24.2 Å². The lowest BCUT2D eigenvalue weighted by Gasteiger charge is -2.12. The van der Waals surface area contributed by atoms with Crippen LogP contribution in [0, 0.1) is 23.0 Å². The van der Waals surface area contributed by atoms with Gasteiger partial charge < -0.3 is 11.1 Å². The molecular weight excluding hydrogens is 284 g/mol. The quantitative estimate of drug-likeness (QED) is 0.438. The Hall–Kier alpha value is -2.17. The monoisotopic (exact) mass is 309 g/mol. The van der Waals surface area contributed by atoms with Crippen molar-refractivity contribution in [3.63, 3.8) is 0 Å². The highest BCUT2D eigenvalue weighted by atomic mass is 19.1. The SMILES string of the molecule is C=CC(CC1CC1)c1cc(F)cc(F)c1.C=CNC.N=CN. The van der Waals surface area contributed by atoms with Crippen molar-refractivity contribution in [2.75, 3.05) is 7.05 Å². The molecule has 0 amide bonds. The molecular formula is C17H25F2N3. The molecule has 22 heavy (non-hydrogen) atoms. The van der Waals surface area contributed by atoms with E-state index < -0.39 is 11.6 Å². The first-order valence-corrected chi connectivity index (χ1v) is 7.09. The summed E-state index contributed by atoms with van der Waals surface area (Å²) in [5.74, 6) is -0.206. The van der Waals surface area contributed by atoms with Crippen LogP contribution in [0.5, 0.6) is 0 Å². The Kier molecular flexibility index (Phi) is 10.4. The standard InChI is InChI=1S/C13H14F2.C3H7N.CH4N2/c1-2-10(5-9-3-4-9)11-6-12(14)8-13(15)7-11;1-3-4-2;2-1-3/h2,6-10H,1,3-5H2;3-4H,1H2,2H3;1H,(H3,2,3). The molecule has 1 saturated carbocycles. The number of nitrogens with one attached hydrogen (secondary N) is 2. The Labute approximate surface area is 131 Å². The molecule has 1 aromatic rings. The smallest absolute Gasteiger partial charge is 0.126 e. The van der Waals surface area contributed by atoms with E-state index in [1.807, 2.05) is 7.05 Å². The first-order chi connectivity index (χ1) is 10.5. The zero-order chi connectivity index (χ0) is 17.0. The van der Waals surface area contributed by atoms with Gasteiger partial charge in [-0.25, -0.2) is 8.78 Å². The lowest BCUT2D eigenvalue weighted by molar-refractivity contribution is 0.572. The first kappa shape index (κ1) is 19.8. The fourth-order valence-electron chi connectivity index (χ4n) is 1.87. The van der Waals surface area contributed by atoms with Gasteiger partial charge >= 0.3 is 0 Å². The second kappa shape index (κ2) is 11.5. The van der Waals surface area contributed by atoms with Gasteiger partial charge in [-0.2, -0.15) is 0 Å². The molecule has 1 aromatic carbocycles. The molecule has 122 valence electrons. The molecule has 0 bridgehead atoms. The molecule has 0 saturated heterocycles. The molecule has 0 spiro atoms. The van der Waals surface area contributed by atoms with Crippen LogP contribution in [0.15, 0.2) is 43.6 Å². The third kappa shape index (κ3) is 8.89. The van der Waals surface area contributed by atoms with Gasteiger partial charge in [0, 0.05) is 19.0 Å². The van der Waals surface area contributed by atoms with E-state index >= 15 is 0 Å². The lowest BCUT2D eigenvalue weighted by atomic mass is 9.93. The van der Waals surface area contributed by atoms with Gasteiger partial charge in [-0.05, 0) is 36.2 Å². The molecule has 4 N–H and O–H groups in total. The van der Waals surface area contributed by atoms with Crippen molar-refractivity contribution >= 4 is 6.34 Å². The van der Waals surface area contributed by atoms with Crippen molar-refractivity contribution in [3.8, 4) is 0 Å². The van der Waals surface area contributed by atoms with Crippen LogP contribution in [-0.2, 0) is 0 Å². The van der Waals surface area contributed by atoms with Crippen LogP contribution in [0.1, 0.15) is 30.7 Å². The maximum atomic E-state index is 13.0. The second-order valence-electron chi connectivity index (χ2n) is 4.88. The number of hydrogen-bond acceptors (Lipinski definition) is 2. The molecule has 5 heteroatoms. The van der Waals surface area contributed by atoms with E-state index in [4.69, 9.17) is 5.41 Å². The van der Waals surface area contributed by atoms with Crippen molar-refractivity contribution in [1.82, 2.24) is 5.32 Å². The van der Waals surface area contributed by atoms with Crippen LogP contribution in [0.2, 0.25) is 0 Å². The number of hydrogen-bond donors (Lipinski definition) is 3. The third-order valence-corrected chi connectivity index (χ3v) is 3.09. The van der Waals surface area contributed by atoms with Gasteiger partial charge in [0.2, 0.25) is 0 Å². The molecule has 0 heterocycles. The number of allylic oxidation sites excluding steroid dienone is 1. The van der Waals surface area contributed by atoms with Crippen LogP contribution in [0.3, 0.4) is 0 Å². The predicted octanol–water partition coefficient (Wildman–Crippen LogP) is 3.94. The maximum absolute atomic E-state index is 13.0. The molecule has 0 radical (unpaired) electrons. The average Bonchev–Trinajstić information content (AvgIpc) is 3.29. The minimum Gasteiger partial charge on any atom is -0.394 e. The zero-order valence-corrected chi connectivity index (χ0v) is 13.0. The van der Waals surface area contributed by atoms with E-state index in [-0.39, 0.29) is 5.92 Å². The van der Waals surface area contributed by atoms with Crippen molar-refractivity contribution in [3.05, 3.63) is 60.8 Å². The molecule has 2 rings (SSSR count). The maximum Gasteiger partial charge on any atom is 0.126 e. The largest absolute Gasteiger partial charge is 0.394 e. The summed E-state index contributed by atoms with van der Waals surface area (Å²) in [6.45, 7) is 7.10. The van der Waals surface area contributed by atoms with Gasteiger partial charge in [-0.15, -0.1) is 6.58 Å². The molecule has 1 unspecified atom stereocenters. The van der Waals surface area contributed by atoms with Crippen LogP contribution in [0.25, 0.3) is 0 Å². The topological polar surface area (TPSA) is 61.9 Å². The van der Waals surface area contributed by atoms with Crippen LogP contribution >= 0.6 is 0 Å². The number of benzene rings is 1. The number of nitrogens with two attached hydrogens (primary N) is 1. The van der Waals surface area contributed by atoms with E-state index in [1.54, 1.807) is 12.3 Å². The number of halogens is 2. The predicted molar refractivity (Wildman–Crippen MR) is 88.9 cm³/mol.